The third-order valence-corrected chi connectivity index (χ3v) is 11.3. The zero-order valence-corrected chi connectivity index (χ0v) is 19.3. The molecule has 5 aromatic rings. The van der Waals surface area contributed by atoms with Crippen molar-refractivity contribution in [3.63, 3.8) is 0 Å². The van der Waals surface area contributed by atoms with Crippen molar-refractivity contribution in [2.45, 2.75) is 37.5 Å². The zero-order valence-electron chi connectivity index (χ0n) is 19.3. The highest BCUT2D eigenvalue weighted by molar-refractivity contribution is 6.13. The van der Waals surface area contributed by atoms with Gasteiger partial charge < -0.3 is 4.98 Å². The Bertz CT molecular complexity index is 1710. The minimum Gasteiger partial charge on any atom is -0.354 e. The smallest absolute Gasteiger partial charge is 0.0471 e. The van der Waals surface area contributed by atoms with Crippen molar-refractivity contribution in [3.8, 4) is 11.1 Å². The Balaban J connectivity index is 1.31. The zero-order chi connectivity index (χ0) is 21.8. The third-order valence-electron chi connectivity index (χ3n) is 11.3. The number of nitrogens with one attached hydrogen (secondary N) is 1. The lowest BCUT2D eigenvalue weighted by Crippen LogP contribution is -2.62. The molecule has 5 aliphatic carbocycles. The largest absolute Gasteiger partial charge is 0.354 e. The first-order valence-corrected chi connectivity index (χ1v) is 13.3. The number of hydrogen-bond acceptors (Lipinski definition) is 0. The van der Waals surface area contributed by atoms with E-state index >= 15 is 0 Å². The van der Waals surface area contributed by atoms with E-state index in [4.69, 9.17) is 0 Å². The lowest BCUT2D eigenvalue weighted by atomic mass is 9.38. The fourth-order valence-electron chi connectivity index (χ4n) is 10.7. The van der Waals surface area contributed by atoms with Gasteiger partial charge in [0.25, 0.3) is 0 Å². The third kappa shape index (κ3) is 1.65. The average molecular weight is 438 g/mol. The van der Waals surface area contributed by atoms with Crippen LogP contribution in [0.5, 0.6) is 0 Å². The van der Waals surface area contributed by atoms with Crippen molar-refractivity contribution in [2.75, 3.05) is 0 Å². The average Bonchev–Trinajstić information content (AvgIpc) is 3.50. The molecule has 4 unspecified atom stereocenters. The number of benzene rings is 4. The number of H-pyrrole nitrogens is 1. The minimum absolute atomic E-state index is 0.268. The summed E-state index contributed by atoms with van der Waals surface area (Å²) in [5.41, 5.74) is 9.86. The van der Waals surface area contributed by atoms with Gasteiger partial charge in [0.1, 0.15) is 0 Å². The quantitative estimate of drug-likeness (QED) is 0.251. The van der Waals surface area contributed by atoms with Gasteiger partial charge in [-0.25, -0.2) is 0 Å². The van der Waals surface area contributed by atoms with E-state index in [9.17, 15) is 0 Å². The molecule has 3 bridgehead atoms. The topological polar surface area (TPSA) is 15.8 Å². The van der Waals surface area contributed by atoms with E-state index < -0.39 is 0 Å². The number of fused-ring (bicyclic) bond motifs is 13. The summed E-state index contributed by atoms with van der Waals surface area (Å²) in [6.45, 7) is 0. The monoisotopic (exact) mass is 437 g/mol. The van der Waals surface area contributed by atoms with Gasteiger partial charge in [0.15, 0.2) is 0 Å². The molecule has 10 rings (SSSR count). The van der Waals surface area contributed by atoms with Gasteiger partial charge in [-0.1, -0.05) is 48.5 Å². The van der Waals surface area contributed by atoms with E-state index in [1.165, 1.54) is 75.8 Å². The highest BCUT2D eigenvalue weighted by Crippen LogP contribution is 2.85. The van der Waals surface area contributed by atoms with Crippen molar-refractivity contribution >= 4 is 32.6 Å². The molecular weight excluding hydrogens is 410 g/mol. The molecule has 2 spiro atoms. The van der Waals surface area contributed by atoms with Crippen LogP contribution in [0.4, 0.5) is 0 Å². The summed E-state index contributed by atoms with van der Waals surface area (Å²) in [5, 5.41) is 5.46. The van der Waals surface area contributed by atoms with Crippen LogP contribution in [0.3, 0.4) is 0 Å². The Labute approximate surface area is 199 Å². The van der Waals surface area contributed by atoms with Gasteiger partial charge in [-0.05, 0) is 118 Å². The van der Waals surface area contributed by atoms with Crippen LogP contribution < -0.4 is 0 Å². The van der Waals surface area contributed by atoms with E-state index in [2.05, 4.69) is 77.8 Å². The van der Waals surface area contributed by atoms with E-state index in [0.717, 1.165) is 23.7 Å². The molecule has 1 N–H and O–H groups in total. The maximum Gasteiger partial charge on any atom is 0.0471 e. The molecule has 4 fully saturated rings. The molecule has 1 nitrogen and oxygen atoms in total. The van der Waals surface area contributed by atoms with Gasteiger partial charge in [-0.2, -0.15) is 0 Å². The second-order valence-electron chi connectivity index (χ2n) is 12.4. The van der Waals surface area contributed by atoms with Gasteiger partial charge in [0.2, 0.25) is 0 Å². The van der Waals surface area contributed by atoms with Crippen LogP contribution in [-0.2, 0) is 5.41 Å². The fraction of sp³-hybridized carbons (Fsp3) is 0.333. The summed E-state index contributed by atoms with van der Waals surface area (Å²) in [4.78, 5) is 3.80. The molecule has 4 aromatic carbocycles. The first-order chi connectivity index (χ1) is 16.8. The molecule has 34 heavy (non-hydrogen) atoms. The van der Waals surface area contributed by atoms with Crippen molar-refractivity contribution in [3.05, 3.63) is 83.9 Å². The predicted molar refractivity (Wildman–Crippen MR) is 139 cm³/mol. The molecule has 0 amide bonds. The van der Waals surface area contributed by atoms with Gasteiger partial charge >= 0.3 is 0 Å². The minimum atomic E-state index is 0.268. The van der Waals surface area contributed by atoms with E-state index in [-0.39, 0.29) is 5.41 Å². The van der Waals surface area contributed by atoms with E-state index in [1.807, 2.05) is 0 Å². The molecule has 4 saturated carbocycles. The molecule has 5 aliphatic rings. The Morgan fingerprint density at radius 1 is 0.618 bits per heavy atom. The van der Waals surface area contributed by atoms with Crippen LogP contribution in [0.2, 0.25) is 0 Å². The van der Waals surface area contributed by atoms with Crippen LogP contribution in [0.15, 0.2) is 72.8 Å². The molecule has 4 atom stereocenters. The molecule has 164 valence electrons. The predicted octanol–water partition coefficient (Wildman–Crippen LogP) is 8.20. The van der Waals surface area contributed by atoms with Crippen molar-refractivity contribution in [2.24, 2.45) is 29.1 Å². The molecule has 0 radical (unpaired) electrons. The van der Waals surface area contributed by atoms with Crippen LogP contribution in [0, 0.1) is 29.1 Å². The molecule has 1 aromatic heterocycles. The maximum absolute atomic E-state index is 3.80. The second kappa shape index (κ2) is 5.28. The second-order valence-corrected chi connectivity index (χ2v) is 12.4. The van der Waals surface area contributed by atoms with Crippen molar-refractivity contribution in [1.82, 2.24) is 4.98 Å². The normalized spacial score (nSPS) is 35.9. The maximum atomic E-state index is 3.80. The van der Waals surface area contributed by atoms with Crippen LogP contribution in [0.25, 0.3) is 43.7 Å². The Morgan fingerprint density at radius 3 is 2.12 bits per heavy atom. The summed E-state index contributed by atoms with van der Waals surface area (Å²) >= 11 is 0. The highest BCUT2D eigenvalue weighted by Gasteiger charge is 2.79. The van der Waals surface area contributed by atoms with Gasteiger partial charge in [-0.3, -0.25) is 0 Å². The summed E-state index contributed by atoms with van der Waals surface area (Å²) < 4.78 is 0. The SMILES string of the molecule is c1ccc2c(c1)-c1cc3[nH]c4cc5ccccc5cc4c3cc1C21C2CC3CC4CC1C2(C3)C4. The molecular formula is C33H27N. The Hall–Kier alpha value is -3.06. The highest BCUT2D eigenvalue weighted by atomic mass is 14.8. The summed E-state index contributed by atoms with van der Waals surface area (Å²) in [7, 11) is 0. The van der Waals surface area contributed by atoms with Crippen LogP contribution in [0.1, 0.15) is 43.2 Å². The van der Waals surface area contributed by atoms with E-state index in [1.54, 1.807) is 11.1 Å². The van der Waals surface area contributed by atoms with Crippen LogP contribution in [-0.4, -0.2) is 4.98 Å². The number of aromatic nitrogens is 1. The molecule has 1 heteroatoms. The summed E-state index contributed by atoms with van der Waals surface area (Å²) in [6, 6.07) is 28.2. The molecule has 0 aliphatic heterocycles. The van der Waals surface area contributed by atoms with Gasteiger partial charge in [-0.15, -0.1) is 0 Å². The van der Waals surface area contributed by atoms with Crippen LogP contribution >= 0.6 is 0 Å². The van der Waals surface area contributed by atoms with Crippen molar-refractivity contribution in [1.29, 1.82) is 0 Å². The number of rotatable bonds is 0. The molecule has 1 heterocycles. The Morgan fingerprint density at radius 2 is 1.29 bits per heavy atom. The lowest BCUT2D eigenvalue weighted by Gasteiger charge is -2.64. The first kappa shape index (κ1) is 17.4. The number of hydrogen-bond donors (Lipinski definition) is 1. The summed E-state index contributed by atoms with van der Waals surface area (Å²) in [5.74, 6) is 3.70. The van der Waals surface area contributed by atoms with Gasteiger partial charge in [0, 0.05) is 27.2 Å². The van der Waals surface area contributed by atoms with Crippen molar-refractivity contribution < 1.29 is 0 Å². The summed E-state index contributed by atoms with van der Waals surface area (Å²) in [6.07, 6.45) is 7.52. The lowest BCUT2D eigenvalue weighted by molar-refractivity contribution is -0.0819. The number of aromatic amines is 1. The Kier molecular flexibility index (Phi) is 2.70. The first-order valence-electron chi connectivity index (χ1n) is 13.3. The fourth-order valence-corrected chi connectivity index (χ4v) is 10.7. The standard InChI is InChI=1S/C33H27N/c1-2-6-21-13-28-24(12-20(21)5-1)25-14-27-23(15-29(25)34-28)22-7-3-4-8-26(22)33(27)30-10-18-9-19-11-31(33)32(30,16-18)17-19/h1-8,12-15,18-19,30-31,34H,9-11,16-17H2. The molecule has 0 saturated heterocycles. The van der Waals surface area contributed by atoms with Gasteiger partial charge in [0.05, 0.1) is 0 Å². The van der Waals surface area contributed by atoms with E-state index in [0.29, 0.717) is 5.41 Å².